The van der Waals surface area contributed by atoms with Gasteiger partial charge in [-0.05, 0) is 31.2 Å². The summed E-state index contributed by atoms with van der Waals surface area (Å²) in [4.78, 5) is 4.30. The molecule has 0 aliphatic heterocycles. The zero-order chi connectivity index (χ0) is 13.4. The van der Waals surface area contributed by atoms with Crippen molar-refractivity contribution in [3.63, 3.8) is 0 Å². The predicted octanol–water partition coefficient (Wildman–Crippen LogP) is 2.18. The highest BCUT2D eigenvalue weighted by Gasteiger charge is 2.14. The van der Waals surface area contributed by atoms with Crippen molar-refractivity contribution in [3.05, 3.63) is 47.8 Å². The van der Waals surface area contributed by atoms with Crippen LogP contribution in [0.15, 0.2) is 36.5 Å². The molecular formula is C14H11N5. The molecule has 3 aromatic rings. The van der Waals surface area contributed by atoms with E-state index in [1.165, 1.54) is 0 Å². The van der Waals surface area contributed by atoms with Gasteiger partial charge in [0.15, 0.2) is 0 Å². The first kappa shape index (κ1) is 11.2. The van der Waals surface area contributed by atoms with Crippen molar-refractivity contribution in [1.29, 1.82) is 5.26 Å². The lowest BCUT2D eigenvalue weighted by atomic mass is 10.2. The second kappa shape index (κ2) is 4.10. The minimum atomic E-state index is 0.358. The maximum Gasteiger partial charge on any atom is 0.145 e. The molecule has 5 heteroatoms. The van der Waals surface area contributed by atoms with Crippen LogP contribution in [0.1, 0.15) is 11.3 Å². The van der Waals surface area contributed by atoms with Crippen LogP contribution in [-0.2, 0) is 0 Å². The number of aromatic nitrogens is 3. The fourth-order valence-electron chi connectivity index (χ4n) is 2.14. The summed E-state index contributed by atoms with van der Waals surface area (Å²) >= 11 is 0. The number of pyridine rings is 1. The predicted molar refractivity (Wildman–Crippen MR) is 72.7 cm³/mol. The second-order valence-corrected chi connectivity index (χ2v) is 4.22. The Balaban J connectivity index is 2.35. The van der Waals surface area contributed by atoms with Gasteiger partial charge in [-0.3, -0.25) is 4.98 Å². The first-order chi connectivity index (χ1) is 9.22. The molecule has 1 aromatic carbocycles. The number of hydrogen-bond donors (Lipinski definition) is 1. The fraction of sp³-hybridized carbons (Fsp3) is 0.0714. The minimum Gasteiger partial charge on any atom is -0.382 e. The molecule has 2 heterocycles. The van der Waals surface area contributed by atoms with E-state index in [2.05, 4.69) is 16.2 Å². The number of aryl methyl sites for hydroxylation is 1. The Kier molecular flexibility index (Phi) is 2.43. The summed E-state index contributed by atoms with van der Waals surface area (Å²) in [5.41, 5.74) is 8.73. The lowest BCUT2D eigenvalue weighted by Gasteiger charge is -2.07. The van der Waals surface area contributed by atoms with Gasteiger partial charge in [0.05, 0.1) is 16.9 Å². The van der Waals surface area contributed by atoms with Gasteiger partial charge in [-0.25, -0.2) is 4.68 Å². The van der Waals surface area contributed by atoms with Crippen LogP contribution in [0, 0.1) is 18.3 Å². The van der Waals surface area contributed by atoms with Crippen LogP contribution < -0.4 is 5.73 Å². The maximum absolute atomic E-state index is 9.08. The monoisotopic (exact) mass is 249 g/mol. The number of nitrogens with two attached hydrogens (primary N) is 1. The van der Waals surface area contributed by atoms with Gasteiger partial charge in [0, 0.05) is 11.6 Å². The lowest BCUT2D eigenvalue weighted by Crippen LogP contribution is -2.03. The van der Waals surface area contributed by atoms with Crippen molar-refractivity contribution >= 4 is 16.7 Å². The summed E-state index contributed by atoms with van der Waals surface area (Å²) in [6, 6.07) is 11.6. The van der Waals surface area contributed by atoms with Gasteiger partial charge in [-0.1, -0.05) is 6.07 Å². The van der Waals surface area contributed by atoms with E-state index >= 15 is 0 Å². The fourth-order valence-corrected chi connectivity index (χ4v) is 2.14. The first-order valence-corrected chi connectivity index (χ1v) is 5.81. The molecule has 0 atom stereocenters. The molecule has 0 bridgehead atoms. The van der Waals surface area contributed by atoms with Crippen LogP contribution in [0.5, 0.6) is 0 Å². The second-order valence-electron chi connectivity index (χ2n) is 4.22. The molecule has 92 valence electrons. The summed E-state index contributed by atoms with van der Waals surface area (Å²) in [5.74, 6) is 0.358. The van der Waals surface area contributed by atoms with E-state index in [1.807, 2.05) is 30.3 Å². The van der Waals surface area contributed by atoms with Gasteiger partial charge in [-0.15, -0.1) is 0 Å². The lowest BCUT2D eigenvalue weighted by molar-refractivity contribution is 0.878. The van der Waals surface area contributed by atoms with Crippen LogP contribution in [0.25, 0.3) is 16.6 Å². The molecule has 19 heavy (non-hydrogen) atoms. The quantitative estimate of drug-likeness (QED) is 0.716. The van der Waals surface area contributed by atoms with E-state index in [1.54, 1.807) is 17.8 Å². The number of benzene rings is 1. The molecule has 0 radical (unpaired) electrons. The van der Waals surface area contributed by atoms with Crippen LogP contribution in [0.3, 0.4) is 0 Å². The molecule has 0 unspecified atom stereocenters. The summed E-state index contributed by atoms with van der Waals surface area (Å²) in [5, 5.41) is 14.4. The summed E-state index contributed by atoms with van der Waals surface area (Å²) in [6.07, 6.45) is 1.74. The average Bonchev–Trinajstić information content (AvgIpc) is 2.72. The normalized spacial score (nSPS) is 10.5. The van der Waals surface area contributed by atoms with Crippen molar-refractivity contribution in [2.75, 3.05) is 5.73 Å². The summed E-state index contributed by atoms with van der Waals surface area (Å²) < 4.78 is 1.60. The minimum absolute atomic E-state index is 0.358. The zero-order valence-electron chi connectivity index (χ0n) is 10.3. The molecule has 2 aromatic heterocycles. The van der Waals surface area contributed by atoms with Crippen LogP contribution in [0.4, 0.5) is 5.82 Å². The highest BCUT2D eigenvalue weighted by Crippen LogP contribution is 2.25. The molecule has 0 fully saturated rings. The Bertz CT molecular complexity index is 805. The third-order valence-corrected chi connectivity index (χ3v) is 3.06. The molecular weight excluding hydrogens is 238 g/mol. The van der Waals surface area contributed by atoms with Gasteiger partial charge in [0.2, 0.25) is 0 Å². The number of hydrogen-bond acceptors (Lipinski definition) is 4. The van der Waals surface area contributed by atoms with Crippen LogP contribution in [-0.4, -0.2) is 14.8 Å². The summed E-state index contributed by atoms with van der Waals surface area (Å²) in [6.45, 7) is 1.77. The van der Waals surface area contributed by atoms with E-state index in [9.17, 15) is 0 Å². The number of fused-ring (bicyclic) bond motifs is 1. The number of nitrogens with zero attached hydrogens (tertiary/aromatic N) is 4. The molecule has 5 nitrogen and oxygen atoms in total. The highest BCUT2D eigenvalue weighted by molar-refractivity contribution is 5.87. The molecule has 0 saturated carbocycles. The van der Waals surface area contributed by atoms with Gasteiger partial charge >= 0.3 is 0 Å². The Morgan fingerprint density at radius 3 is 2.84 bits per heavy atom. The third-order valence-electron chi connectivity index (χ3n) is 3.06. The summed E-state index contributed by atoms with van der Waals surface area (Å²) in [7, 11) is 0. The molecule has 0 saturated heterocycles. The molecule has 0 aliphatic rings. The molecule has 0 spiro atoms. The van der Waals surface area contributed by atoms with Crippen LogP contribution >= 0.6 is 0 Å². The van der Waals surface area contributed by atoms with E-state index < -0.39 is 0 Å². The highest BCUT2D eigenvalue weighted by atomic mass is 15.3. The Hall–Kier alpha value is -2.87. The maximum atomic E-state index is 9.08. The first-order valence-electron chi connectivity index (χ1n) is 5.81. The van der Waals surface area contributed by atoms with E-state index in [-0.39, 0.29) is 0 Å². The molecule has 2 N–H and O–H groups in total. The van der Waals surface area contributed by atoms with Gasteiger partial charge in [-0.2, -0.15) is 10.4 Å². The Morgan fingerprint density at radius 1 is 1.26 bits per heavy atom. The number of nitriles is 1. The van der Waals surface area contributed by atoms with Crippen molar-refractivity contribution in [3.8, 4) is 11.8 Å². The van der Waals surface area contributed by atoms with Crippen molar-refractivity contribution in [1.82, 2.24) is 14.8 Å². The number of nitrogen functional groups attached to an aromatic ring is 1. The third kappa shape index (κ3) is 1.62. The number of rotatable bonds is 1. The SMILES string of the molecule is Cc1nn(-c2cccc3ncccc23)c(N)c1C#N. The van der Waals surface area contributed by atoms with E-state index in [0.29, 0.717) is 17.1 Å². The van der Waals surface area contributed by atoms with Crippen molar-refractivity contribution < 1.29 is 0 Å². The largest absolute Gasteiger partial charge is 0.382 e. The molecule has 3 rings (SSSR count). The van der Waals surface area contributed by atoms with Gasteiger partial charge in [0.1, 0.15) is 17.5 Å². The van der Waals surface area contributed by atoms with Crippen LogP contribution in [0.2, 0.25) is 0 Å². The van der Waals surface area contributed by atoms with E-state index in [0.717, 1.165) is 16.6 Å². The Labute approximate surface area is 109 Å². The van der Waals surface area contributed by atoms with Gasteiger partial charge < -0.3 is 5.73 Å². The smallest absolute Gasteiger partial charge is 0.145 e. The average molecular weight is 249 g/mol. The van der Waals surface area contributed by atoms with Gasteiger partial charge in [0.25, 0.3) is 0 Å². The van der Waals surface area contributed by atoms with Crippen molar-refractivity contribution in [2.45, 2.75) is 6.92 Å². The zero-order valence-corrected chi connectivity index (χ0v) is 10.3. The van der Waals surface area contributed by atoms with Crippen molar-refractivity contribution in [2.24, 2.45) is 0 Å². The molecule has 0 amide bonds. The Morgan fingerprint density at radius 2 is 2.11 bits per heavy atom. The van der Waals surface area contributed by atoms with E-state index in [4.69, 9.17) is 11.0 Å². The topological polar surface area (TPSA) is 80.5 Å². The number of anilines is 1. The standard InChI is InChI=1S/C14H11N5/c1-9-11(8-15)14(16)19(18-9)13-6-2-5-12-10(13)4-3-7-17-12/h2-7H,16H2,1H3. The molecule has 0 aliphatic carbocycles.